The maximum atomic E-state index is 13.4. The number of nitrogens with one attached hydrogen (secondary N) is 1. The Morgan fingerprint density at radius 3 is 2.78 bits per heavy atom. The Hall–Kier alpha value is -1.81. The fraction of sp³-hybridized carbons (Fsp3) is 0.286. The van der Waals surface area contributed by atoms with E-state index in [2.05, 4.69) is 11.6 Å². The van der Waals surface area contributed by atoms with Gasteiger partial charge < -0.3 is 15.8 Å². The molecule has 2 rings (SSSR count). The average molecular weight is 250 g/mol. The summed E-state index contributed by atoms with van der Waals surface area (Å²) in [5.41, 5.74) is 7.02. The van der Waals surface area contributed by atoms with Crippen LogP contribution in [0.4, 0.5) is 4.39 Å². The molecule has 3 nitrogen and oxygen atoms in total. The van der Waals surface area contributed by atoms with Crippen LogP contribution in [0.25, 0.3) is 10.9 Å². The van der Waals surface area contributed by atoms with E-state index in [1.807, 2.05) is 19.9 Å². The molecule has 0 saturated carbocycles. The van der Waals surface area contributed by atoms with Crippen molar-refractivity contribution in [3.8, 4) is 0 Å². The fourth-order valence-electron chi connectivity index (χ4n) is 1.70. The maximum absolute atomic E-state index is 13.4. The molecule has 2 aromatic rings. The summed E-state index contributed by atoms with van der Waals surface area (Å²) in [6, 6.07) is 4.33. The molecule has 0 saturated heterocycles. The molecule has 0 radical (unpaired) electrons. The molecule has 4 N–H and O–H groups in total. The maximum Gasteiger partial charge on any atom is 0.147 e. The first-order chi connectivity index (χ1) is 8.59. The van der Waals surface area contributed by atoms with E-state index < -0.39 is 6.04 Å². The minimum absolute atomic E-state index is 0.0641. The largest absolute Gasteiger partial charge is 0.511 e. The van der Waals surface area contributed by atoms with Crippen molar-refractivity contribution >= 4 is 10.9 Å². The van der Waals surface area contributed by atoms with Crippen molar-refractivity contribution in [2.75, 3.05) is 0 Å². The summed E-state index contributed by atoms with van der Waals surface area (Å²) in [6.45, 7) is 7.38. The second-order valence-corrected chi connectivity index (χ2v) is 3.78. The highest BCUT2D eigenvalue weighted by molar-refractivity contribution is 5.83. The number of hydrogen-bond donors (Lipinski definition) is 3. The highest BCUT2D eigenvalue weighted by Crippen LogP contribution is 2.22. The Kier molecular flexibility index (Phi) is 4.92. The van der Waals surface area contributed by atoms with Crippen LogP contribution < -0.4 is 5.73 Å². The third-order valence-electron chi connectivity index (χ3n) is 2.62. The molecule has 0 aliphatic heterocycles. The van der Waals surface area contributed by atoms with Gasteiger partial charge in [0, 0.05) is 11.6 Å². The predicted octanol–water partition coefficient (Wildman–Crippen LogP) is 3.27. The number of halogens is 1. The Labute approximate surface area is 106 Å². The quantitative estimate of drug-likeness (QED) is 0.732. The van der Waals surface area contributed by atoms with Crippen LogP contribution in [-0.2, 0) is 6.42 Å². The predicted molar refractivity (Wildman–Crippen MR) is 73.1 cm³/mol. The number of fused-ring (bicyclic) bond motifs is 1. The first-order valence-corrected chi connectivity index (χ1v) is 5.97. The molecule has 98 valence electrons. The summed E-state index contributed by atoms with van der Waals surface area (Å²) in [7, 11) is 0. The van der Waals surface area contributed by atoms with Crippen LogP contribution >= 0.6 is 0 Å². The van der Waals surface area contributed by atoms with Gasteiger partial charge in [-0.2, -0.15) is 0 Å². The average Bonchev–Trinajstić information content (AvgIpc) is 2.76. The molecule has 0 aliphatic rings. The second kappa shape index (κ2) is 6.21. The Balaban J connectivity index is 0.000000771. The van der Waals surface area contributed by atoms with E-state index in [1.165, 1.54) is 6.07 Å². The first kappa shape index (κ1) is 14.3. The number of hydrogen-bond acceptors (Lipinski definition) is 2. The fourth-order valence-corrected chi connectivity index (χ4v) is 1.70. The van der Waals surface area contributed by atoms with Crippen molar-refractivity contribution in [1.82, 2.24) is 4.98 Å². The van der Waals surface area contributed by atoms with Crippen LogP contribution in [0.1, 0.15) is 19.4 Å². The van der Waals surface area contributed by atoms with Gasteiger partial charge in [0.05, 0.1) is 11.6 Å². The van der Waals surface area contributed by atoms with Crippen molar-refractivity contribution in [1.29, 1.82) is 0 Å². The summed E-state index contributed by atoms with van der Waals surface area (Å²) in [5, 5.41) is 9.93. The molecule has 0 spiro atoms. The zero-order valence-corrected chi connectivity index (χ0v) is 10.7. The summed E-state index contributed by atoms with van der Waals surface area (Å²) >= 11 is 0. The lowest BCUT2D eigenvalue weighted by Gasteiger charge is -2.08. The number of para-hydroxylation sites is 1. The molecular weight excluding hydrogens is 231 g/mol. The number of benzene rings is 1. The number of aliphatic hydroxyl groups excluding tert-OH is 1. The Morgan fingerprint density at radius 1 is 1.50 bits per heavy atom. The van der Waals surface area contributed by atoms with E-state index in [0.717, 1.165) is 10.9 Å². The number of aromatic nitrogens is 1. The highest BCUT2D eigenvalue weighted by Gasteiger charge is 2.12. The van der Waals surface area contributed by atoms with Crippen molar-refractivity contribution < 1.29 is 9.50 Å². The Bertz CT molecular complexity index is 534. The van der Waals surface area contributed by atoms with E-state index in [-0.39, 0.29) is 11.6 Å². The first-order valence-electron chi connectivity index (χ1n) is 5.97. The third-order valence-corrected chi connectivity index (χ3v) is 2.62. The van der Waals surface area contributed by atoms with Crippen LogP contribution in [0.15, 0.2) is 36.7 Å². The summed E-state index contributed by atoms with van der Waals surface area (Å²) < 4.78 is 13.4. The van der Waals surface area contributed by atoms with E-state index in [1.54, 1.807) is 12.3 Å². The number of H-pyrrole nitrogens is 1. The summed E-state index contributed by atoms with van der Waals surface area (Å²) in [4.78, 5) is 2.86. The molecule has 0 bridgehead atoms. The van der Waals surface area contributed by atoms with Crippen LogP contribution in [-0.4, -0.2) is 16.1 Å². The minimum Gasteiger partial charge on any atom is -0.511 e. The number of aliphatic hydroxyl groups is 1. The molecule has 0 aliphatic carbocycles. The van der Waals surface area contributed by atoms with Crippen LogP contribution in [0.2, 0.25) is 0 Å². The zero-order chi connectivity index (χ0) is 13.7. The van der Waals surface area contributed by atoms with Crippen LogP contribution in [0, 0.1) is 5.82 Å². The number of rotatable bonds is 3. The van der Waals surface area contributed by atoms with Crippen molar-refractivity contribution in [3.63, 3.8) is 0 Å². The molecule has 1 atom stereocenters. The SMILES string of the molecule is C=C(O)C(N)Cc1c[nH]c2c(F)cccc12.CC. The summed E-state index contributed by atoms with van der Waals surface area (Å²) in [5.74, 6) is -0.356. The van der Waals surface area contributed by atoms with Gasteiger partial charge in [0.15, 0.2) is 0 Å². The van der Waals surface area contributed by atoms with Gasteiger partial charge in [0.2, 0.25) is 0 Å². The number of nitrogens with two attached hydrogens (primary N) is 1. The van der Waals surface area contributed by atoms with E-state index in [4.69, 9.17) is 10.8 Å². The summed E-state index contributed by atoms with van der Waals surface area (Å²) in [6.07, 6.45) is 2.13. The molecule has 1 unspecified atom stereocenters. The Morgan fingerprint density at radius 2 is 2.17 bits per heavy atom. The van der Waals surface area contributed by atoms with E-state index in [0.29, 0.717) is 11.9 Å². The van der Waals surface area contributed by atoms with Gasteiger partial charge in [-0.25, -0.2) is 4.39 Å². The molecule has 4 heteroatoms. The van der Waals surface area contributed by atoms with Gasteiger partial charge in [-0.05, 0) is 18.1 Å². The van der Waals surface area contributed by atoms with Gasteiger partial charge >= 0.3 is 0 Å². The lowest BCUT2D eigenvalue weighted by atomic mass is 10.0. The molecule has 0 fully saturated rings. The van der Waals surface area contributed by atoms with E-state index in [9.17, 15) is 4.39 Å². The lowest BCUT2D eigenvalue weighted by molar-refractivity contribution is 0.369. The lowest BCUT2D eigenvalue weighted by Crippen LogP contribution is -2.24. The molecule has 1 aromatic carbocycles. The van der Waals surface area contributed by atoms with Crippen molar-refractivity contribution in [2.45, 2.75) is 26.3 Å². The topological polar surface area (TPSA) is 62.0 Å². The highest BCUT2D eigenvalue weighted by atomic mass is 19.1. The van der Waals surface area contributed by atoms with Crippen LogP contribution in [0.3, 0.4) is 0 Å². The monoisotopic (exact) mass is 250 g/mol. The minimum atomic E-state index is -0.526. The molecule has 1 aromatic heterocycles. The smallest absolute Gasteiger partial charge is 0.147 e. The molecule has 1 heterocycles. The van der Waals surface area contributed by atoms with Crippen molar-refractivity contribution in [2.24, 2.45) is 5.73 Å². The normalized spacial score (nSPS) is 11.8. The standard InChI is InChI=1S/C12H13FN2O.C2H6/c1-7(16)11(14)5-8-6-15-12-9(8)3-2-4-10(12)13;1-2/h2-4,6,11,15-16H,1,5,14H2;1-2H3. The zero-order valence-electron chi connectivity index (χ0n) is 10.7. The van der Waals surface area contributed by atoms with Crippen LogP contribution in [0.5, 0.6) is 0 Å². The molecule has 0 amide bonds. The molecular formula is C14H19FN2O. The van der Waals surface area contributed by atoms with E-state index >= 15 is 0 Å². The third kappa shape index (κ3) is 2.90. The van der Waals surface area contributed by atoms with Gasteiger partial charge in [0.25, 0.3) is 0 Å². The van der Waals surface area contributed by atoms with Gasteiger partial charge in [-0.3, -0.25) is 0 Å². The second-order valence-electron chi connectivity index (χ2n) is 3.78. The molecule has 18 heavy (non-hydrogen) atoms. The van der Waals surface area contributed by atoms with Gasteiger partial charge in [0.1, 0.15) is 11.6 Å². The van der Waals surface area contributed by atoms with Crippen molar-refractivity contribution in [3.05, 3.63) is 48.1 Å². The number of aromatic amines is 1. The van der Waals surface area contributed by atoms with Gasteiger partial charge in [-0.15, -0.1) is 0 Å². The van der Waals surface area contributed by atoms with Gasteiger partial charge in [-0.1, -0.05) is 32.6 Å².